The number of carbonyl (C=O) groups is 1. The van der Waals surface area contributed by atoms with Crippen LogP contribution in [0.25, 0.3) is 0 Å². The summed E-state index contributed by atoms with van der Waals surface area (Å²) in [5, 5.41) is 3.56. The third kappa shape index (κ3) is 3.99. The summed E-state index contributed by atoms with van der Waals surface area (Å²) in [5.74, 6) is -0.0633. The van der Waals surface area contributed by atoms with E-state index in [9.17, 15) is 4.79 Å². The lowest BCUT2D eigenvalue weighted by atomic mass is 10.0. The van der Waals surface area contributed by atoms with Crippen molar-refractivity contribution in [2.24, 2.45) is 0 Å². The number of aromatic nitrogens is 2. The Morgan fingerprint density at radius 2 is 1.87 bits per heavy atom. The molecule has 1 aromatic carbocycles. The summed E-state index contributed by atoms with van der Waals surface area (Å²) in [6, 6.07) is 15.0. The predicted octanol–water partition coefficient (Wildman–Crippen LogP) is 4.15. The number of nitrogens with one attached hydrogen (secondary N) is 1. The molecule has 0 unspecified atom stereocenters. The number of pyridine rings is 1. The molecule has 3 rings (SSSR count). The van der Waals surface area contributed by atoms with Crippen LogP contribution >= 0.6 is 11.6 Å². The van der Waals surface area contributed by atoms with E-state index >= 15 is 0 Å². The molecule has 0 aliphatic carbocycles. The first-order chi connectivity index (χ1) is 11.2. The second-order valence-electron chi connectivity index (χ2n) is 5.19. The normalized spacial score (nSPS) is 11.9. The summed E-state index contributed by atoms with van der Waals surface area (Å²) >= 11 is 5.96. The number of hydrogen-bond acceptors (Lipinski definition) is 2. The van der Waals surface area contributed by atoms with Gasteiger partial charge in [0.15, 0.2) is 0 Å². The molecule has 1 atom stereocenters. The molecule has 0 aliphatic heterocycles. The van der Waals surface area contributed by atoms with Crippen molar-refractivity contribution in [1.29, 1.82) is 0 Å². The van der Waals surface area contributed by atoms with Gasteiger partial charge in [0, 0.05) is 23.6 Å². The minimum atomic E-state index is -0.0843. The first-order valence-electron chi connectivity index (χ1n) is 7.30. The van der Waals surface area contributed by atoms with Crippen LogP contribution in [0.2, 0.25) is 5.02 Å². The van der Waals surface area contributed by atoms with Gasteiger partial charge in [-0.3, -0.25) is 9.78 Å². The number of amides is 1. The summed E-state index contributed by atoms with van der Waals surface area (Å²) in [5.41, 5.74) is 1.73. The van der Waals surface area contributed by atoms with Crippen LogP contribution in [0, 0.1) is 0 Å². The molecule has 2 aromatic heterocycles. The van der Waals surface area contributed by atoms with E-state index in [1.165, 1.54) is 0 Å². The number of nitrogens with zero attached hydrogens (tertiary/aromatic N) is 2. The molecule has 116 valence electrons. The smallest absolute Gasteiger partial charge is 0.226 e. The molecule has 0 fully saturated rings. The Balaban J connectivity index is 1.79. The van der Waals surface area contributed by atoms with Gasteiger partial charge in [-0.05, 0) is 42.0 Å². The summed E-state index contributed by atoms with van der Waals surface area (Å²) in [4.78, 5) is 16.4. The molecule has 4 nitrogen and oxygen atoms in total. The molecule has 3 aromatic rings. The van der Waals surface area contributed by atoms with E-state index in [0.717, 1.165) is 5.56 Å². The highest BCUT2D eigenvalue weighted by molar-refractivity contribution is 6.30. The molecule has 1 N–H and O–H groups in total. The Hall–Kier alpha value is -2.59. The third-order valence-corrected chi connectivity index (χ3v) is 3.82. The van der Waals surface area contributed by atoms with Crippen molar-refractivity contribution in [1.82, 2.24) is 9.55 Å². The Kier molecular flexibility index (Phi) is 4.74. The predicted molar refractivity (Wildman–Crippen MR) is 91.5 cm³/mol. The molecule has 0 aliphatic rings. The Bertz CT molecular complexity index is 755. The fourth-order valence-corrected chi connectivity index (χ4v) is 2.59. The average Bonchev–Trinajstić information content (AvgIpc) is 3.09. The van der Waals surface area contributed by atoms with E-state index in [-0.39, 0.29) is 11.9 Å². The van der Waals surface area contributed by atoms with E-state index in [2.05, 4.69) is 10.3 Å². The van der Waals surface area contributed by atoms with E-state index < -0.39 is 0 Å². The molecular weight excluding hydrogens is 310 g/mol. The van der Waals surface area contributed by atoms with Crippen molar-refractivity contribution in [2.45, 2.75) is 12.5 Å². The van der Waals surface area contributed by atoms with E-state index in [1.807, 2.05) is 59.4 Å². The summed E-state index contributed by atoms with van der Waals surface area (Å²) in [6.45, 7) is 0. The zero-order chi connectivity index (χ0) is 16.1. The molecular formula is C18H16ClN3O. The van der Waals surface area contributed by atoms with Gasteiger partial charge in [0.05, 0.1) is 24.3 Å². The maximum absolute atomic E-state index is 12.4. The van der Waals surface area contributed by atoms with Crippen molar-refractivity contribution in [3.05, 3.63) is 83.9 Å². The van der Waals surface area contributed by atoms with E-state index in [4.69, 9.17) is 11.6 Å². The summed E-state index contributed by atoms with van der Waals surface area (Å²) < 4.78 is 2.02. The highest BCUT2D eigenvalue weighted by Crippen LogP contribution is 2.24. The molecule has 2 heterocycles. The molecule has 0 saturated heterocycles. The molecule has 1 amide bonds. The molecule has 0 saturated carbocycles. The van der Waals surface area contributed by atoms with Crippen molar-refractivity contribution in [3.8, 4) is 0 Å². The van der Waals surface area contributed by atoms with Crippen LogP contribution in [0.15, 0.2) is 73.3 Å². The highest BCUT2D eigenvalue weighted by atomic mass is 35.5. The Morgan fingerprint density at radius 3 is 2.52 bits per heavy atom. The first-order valence-corrected chi connectivity index (χ1v) is 7.68. The zero-order valence-corrected chi connectivity index (χ0v) is 13.1. The largest absolute Gasteiger partial charge is 0.346 e. The van der Waals surface area contributed by atoms with Gasteiger partial charge in [0.2, 0.25) is 5.91 Å². The summed E-state index contributed by atoms with van der Waals surface area (Å²) in [7, 11) is 0. The van der Waals surface area contributed by atoms with Gasteiger partial charge in [-0.15, -0.1) is 0 Å². The molecule has 0 radical (unpaired) electrons. The van der Waals surface area contributed by atoms with Crippen molar-refractivity contribution in [2.75, 3.05) is 5.32 Å². The number of hydrogen-bond donors (Lipinski definition) is 1. The van der Waals surface area contributed by atoms with Crippen LogP contribution in [0.4, 0.5) is 5.69 Å². The Labute approximate surface area is 139 Å². The first kappa shape index (κ1) is 15.3. The SMILES string of the molecule is O=C(C[C@H](c1ccc(Cl)cc1)n1cccc1)Nc1cccnc1. The van der Waals surface area contributed by atoms with Crippen molar-refractivity contribution < 1.29 is 4.79 Å². The topological polar surface area (TPSA) is 46.9 Å². The molecule has 23 heavy (non-hydrogen) atoms. The molecule has 5 heteroatoms. The van der Waals surface area contributed by atoms with Gasteiger partial charge < -0.3 is 9.88 Å². The minimum Gasteiger partial charge on any atom is -0.346 e. The third-order valence-electron chi connectivity index (χ3n) is 3.57. The van der Waals surface area contributed by atoms with Crippen LogP contribution in [0.1, 0.15) is 18.0 Å². The van der Waals surface area contributed by atoms with Crippen LogP contribution in [-0.4, -0.2) is 15.5 Å². The lowest BCUT2D eigenvalue weighted by molar-refractivity contribution is -0.116. The van der Waals surface area contributed by atoms with Crippen LogP contribution in [0.5, 0.6) is 0 Å². The second-order valence-corrected chi connectivity index (χ2v) is 5.63. The number of anilines is 1. The maximum Gasteiger partial charge on any atom is 0.226 e. The average molecular weight is 326 g/mol. The van der Waals surface area contributed by atoms with E-state index in [1.54, 1.807) is 18.5 Å². The lowest BCUT2D eigenvalue weighted by Gasteiger charge is -2.19. The van der Waals surface area contributed by atoms with Crippen LogP contribution in [0.3, 0.4) is 0 Å². The monoisotopic (exact) mass is 325 g/mol. The summed E-state index contributed by atoms with van der Waals surface area (Å²) in [6.07, 6.45) is 7.54. The zero-order valence-electron chi connectivity index (χ0n) is 12.4. The quantitative estimate of drug-likeness (QED) is 0.765. The van der Waals surface area contributed by atoms with Gasteiger partial charge >= 0.3 is 0 Å². The molecule has 0 bridgehead atoms. The van der Waals surface area contributed by atoms with Gasteiger partial charge in [-0.2, -0.15) is 0 Å². The standard InChI is InChI=1S/C18H16ClN3O/c19-15-7-5-14(6-8-15)17(22-10-1-2-11-22)12-18(23)21-16-4-3-9-20-13-16/h1-11,13,17H,12H2,(H,21,23)/t17-/m1/s1. The fourth-order valence-electron chi connectivity index (χ4n) is 2.46. The van der Waals surface area contributed by atoms with Crippen molar-refractivity contribution >= 4 is 23.2 Å². The highest BCUT2D eigenvalue weighted by Gasteiger charge is 2.17. The van der Waals surface area contributed by atoms with Gasteiger partial charge in [0.1, 0.15) is 0 Å². The maximum atomic E-state index is 12.4. The fraction of sp³-hybridized carbons (Fsp3) is 0.111. The number of rotatable bonds is 5. The Morgan fingerprint density at radius 1 is 1.13 bits per heavy atom. The van der Waals surface area contributed by atoms with Gasteiger partial charge in [-0.1, -0.05) is 23.7 Å². The van der Waals surface area contributed by atoms with Crippen molar-refractivity contribution in [3.63, 3.8) is 0 Å². The van der Waals surface area contributed by atoms with Crippen LogP contribution < -0.4 is 5.32 Å². The second kappa shape index (κ2) is 7.11. The van der Waals surface area contributed by atoms with E-state index in [0.29, 0.717) is 17.1 Å². The number of halogens is 1. The molecule has 0 spiro atoms. The number of benzene rings is 1. The van der Waals surface area contributed by atoms with Gasteiger partial charge in [0.25, 0.3) is 0 Å². The van der Waals surface area contributed by atoms with Gasteiger partial charge in [-0.25, -0.2) is 0 Å². The lowest BCUT2D eigenvalue weighted by Crippen LogP contribution is -2.19. The van der Waals surface area contributed by atoms with Crippen LogP contribution in [-0.2, 0) is 4.79 Å². The minimum absolute atomic E-state index is 0.0633. The number of carbonyl (C=O) groups excluding carboxylic acids is 1.